The summed E-state index contributed by atoms with van der Waals surface area (Å²) in [5, 5.41) is 2.47. The number of nitrogens with two attached hydrogens (primary N) is 1. The minimum absolute atomic E-state index is 0.0753. The van der Waals surface area contributed by atoms with E-state index in [1.807, 2.05) is 0 Å². The van der Waals surface area contributed by atoms with Crippen molar-refractivity contribution in [2.45, 2.75) is 44.8 Å². The number of alkyl halides is 3. The van der Waals surface area contributed by atoms with Gasteiger partial charge in [-0.25, -0.2) is 27.5 Å². The van der Waals surface area contributed by atoms with Gasteiger partial charge < -0.3 is 20.5 Å². The Labute approximate surface area is 181 Å². The second-order valence-corrected chi connectivity index (χ2v) is 7.00. The lowest BCUT2D eigenvalue weighted by molar-refractivity contribution is -0.110. The van der Waals surface area contributed by atoms with Gasteiger partial charge in [-0.1, -0.05) is 0 Å². The fraction of sp³-hybridized carbons (Fsp3) is 0.400. The van der Waals surface area contributed by atoms with E-state index >= 15 is 4.39 Å². The van der Waals surface area contributed by atoms with Crippen LogP contribution in [0.5, 0.6) is 0 Å². The number of carbonyl (C=O) groups excluding carboxylic acids is 1. The summed E-state index contributed by atoms with van der Waals surface area (Å²) in [4.78, 5) is 23.4. The van der Waals surface area contributed by atoms with Gasteiger partial charge in [0.15, 0.2) is 12.3 Å². The summed E-state index contributed by atoms with van der Waals surface area (Å²) in [5.74, 6) is -1.78. The first-order valence-corrected chi connectivity index (χ1v) is 9.35. The van der Waals surface area contributed by atoms with Crippen LogP contribution in [0.2, 0.25) is 0 Å². The van der Waals surface area contributed by atoms with Crippen molar-refractivity contribution in [1.82, 2.24) is 0 Å². The van der Waals surface area contributed by atoms with Crippen LogP contribution in [0, 0.1) is 5.82 Å². The molecule has 1 aliphatic rings. The Morgan fingerprint density at radius 2 is 2.22 bits per heavy atom. The Morgan fingerprint density at radius 3 is 2.81 bits per heavy atom. The van der Waals surface area contributed by atoms with Crippen molar-refractivity contribution >= 4 is 30.0 Å². The van der Waals surface area contributed by atoms with E-state index in [2.05, 4.69) is 31.7 Å². The standard InChI is InChI=1S/C20H23F4N5O3/c1-10(22)16-17(24)20(3,29-19(25)32-16)13-7-12(5-6-14(13)23)28-18(30)11(2)27-8-15(26-4)31-9-21/h5-8,10,16-17H,4,9H2,1-3H3,(H2,25,29)(H,28,30)/b15-8+,27-11+/t10-,16+,17-,20+/m0/s1. The molecule has 2 rings (SSSR count). The van der Waals surface area contributed by atoms with Crippen LogP contribution in [0.4, 0.5) is 23.2 Å². The van der Waals surface area contributed by atoms with Crippen LogP contribution < -0.4 is 11.1 Å². The molecular weight excluding hydrogens is 434 g/mol. The van der Waals surface area contributed by atoms with E-state index in [0.29, 0.717) is 0 Å². The molecule has 12 heteroatoms. The van der Waals surface area contributed by atoms with Crippen LogP contribution in [0.1, 0.15) is 26.3 Å². The molecule has 0 aliphatic carbocycles. The largest absolute Gasteiger partial charge is 0.456 e. The second kappa shape index (κ2) is 10.2. The van der Waals surface area contributed by atoms with E-state index < -0.39 is 48.6 Å². The molecule has 32 heavy (non-hydrogen) atoms. The second-order valence-electron chi connectivity index (χ2n) is 7.00. The third kappa shape index (κ3) is 5.42. The number of hydrogen-bond donors (Lipinski definition) is 2. The lowest BCUT2D eigenvalue weighted by Crippen LogP contribution is -2.52. The minimum atomic E-state index is -2.07. The van der Waals surface area contributed by atoms with E-state index in [0.717, 1.165) is 25.3 Å². The van der Waals surface area contributed by atoms with Crippen molar-refractivity contribution in [3.05, 3.63) is 41.7 Å². The highest BCUT2D eigenvalue weighted by Gasteiger charge is 2.50. The SMILES string of the molecule is C=N/C(=C\N=C(/C)C(=O)Nc1ccc(F)c([C@@]2(C)N=C(N)O[C@H]([C@H](C)F)[C@@H]2F)c1)OCF. The van der Waals surface area contributed by atoms with Crippen molar-refractivity contribution in [2.75, 3.05) is 12.2 Å². The van der Waals surface area contributed by atoms with Gasteiger partial charge in [0.25, 0.3) is 11.9 Å². The summed E-state index contributed by atoms with van der Waals surface area (Å²) in [6.07, 6.45) is -4.41. The Morgan fingerprint density at radius 1 is 1.53 bits per heavy atom. The average Bonchev–Trinajstić information content (AvgIpc) is 2.74. The number of hydrogen-bond acceptors (Lipinski definition) is 7. The van der Waals surface area contributed by atoms with Crippen molar-refractivity contribution in [3.63, 3.8) is 0 Å². The first-order valence-electron chi connectivity index (χ1n) is 9.35. The molecule has 0 radical (unpaired) electrons. The number of benzene rings is 1. The highest BCUT2D eigenvalue weighted by atomic mass is 19.2. The number of amidine groups is 1. The van der Waals surface area contributed by atoms with Crippen LogP contribution >= 0.6 is 0 Å². The third-order valence-corrected chi connectivity index (χ3v) is 4.70. The average molecular weight is 457 g/mol. The van der Waals surface area contributed by atoms with E-state index in [1.54, 1.807) is 0 Å². The number of amides is 1. The van der Waals surface area contributed by atoms with Gasteiger partial charge in [0.2, 0.25) is 12.7 Å². The molecule has 1 heterocycles. The van der Waals surface area contributed by atoms with Gasteiger partial charge in [-0.3, -0.25) is 9.79 Å². The quantitative estimate of drug-likeness (QED) is 0.355. The Hall–Kier alpha value is -3.44. The summed E-state index contributed by atoms with van der Waals surface area (Å²) in [6, 6.07) is 2.91. The smallest absolute Gasteiger partial charge is 0.283 e. The summed E-state index contributed by atoms with van der Waals surface area (Å²) in [5.41, 5.74) is 3.42. The van der Waals surface area contributed by atoms with Gasteiger partial charge in [0, 0.05) is 11.3 Å². The Bertz CT molecular complexity index is 967. The summed E-state index contributed by atoms with van der Waals surface area (Å²) in [7, 11) is 0. The van der Waals surface area contributed by atoms with Gasteiger partial charge in [-0.15, -0.1) is 0 Å². The molecule has 0 unspecified atom stereocenters. The molecule has 1 aromatic carbocycles. The maximum atomic E-state index is 15.1. The zero-order valence-electron chi connectivity index (χ0n) is 17.6. The van der Waals surface area contributed by atoms with Gasteiger partial charge in [0.05, 0.1) is 6.20 Å². The van der Waals surface area contributed by atoms with Crippen LogP contribution in [0.25, 0.3) is 0 Å². The van der Waals surface area contributed by atoms with Crippen LogP contribution in [0.15, 0.2) is 45.3 Å². The molecular formula is C20H23F4N5O3. The van der Waals surface area contributed by atoms with E-state index in [9.17, 15) is 18.0 Å². The Balaban J connectivity index is 2.34. The number of carbonyl (C=O) groups is 1. The van der Waals surface area contributed by atoms with Gasteiger partial charge in [-0.05, 0) is 45.7 Å². The highest BCUT2D eigenvalue weighted by molar-refractivity contribution is 6.42. The predicted molar refractivity (Wildman–Crippen MR) is 112 cm³/mol. The van der Waals surface area contributed by atoms with Crippen molar-refractivity contribution < 1.29 is 31.8 Å². The monoisotopic (exact) mass is 457 g/mol. The molecule has 0 bridgehead atoms. The maximum absolute atomic E-state index is 15.1. The molecule has 4 atom stereocenters. The minimum Gasteiger partial charge on any atom is -0.456 e. The van der Waals surface area contributed by atoms with E-state index in [-0.39, 0.29) is 22.8 Å². The molecule has 174 valence electrons. The number of halogens is 4. The number of rotatable bonds is 8. The van der Waals surface area contributed by atoms with Gasteiger partial charge in [0.1, 0.15) is 23.2 Å². The number of anilines is 1. The maximum Gasteiger partial charge on any atom is 0.283 e. The molecule has 3 N–H and O–H groups in total. The first kappa shape index (κ1) is 24.8. The predicted octanol–water partition coefficient (Wildman–Crippen LogP) is 3.29. The van der Waals surface area contributed by atoms with E-state index in [1.165, 1.54) is 19.9 Å². The van der Waals surface area contributed by atoms with Crippen LogP contribution in [-0.4, -0.2) is 49.7 Å². The fourth-order valence-corrected chi connectivity index (χ4v) is 2.97. The molecule has 0 aromatic heterocycles. The molecule has 0 spiro atoms. The lowest BCUT2D eigenvalue weighted by Gasteiger charge is -2.39. The normalized spacial score (nSPS) is 24.8. The van der Waals surface area contributed by atoms with Gasteiger partial charge in [-0.2, -0.15) is 0 Å². The molecule has 1 aliphatic heterocycles. The van der Waals surface area contributed by atoms with Crippen LogP contribution in [0.3, 0.4) is 0 Å². The molecule has 0 saturated carbocycles. The number of ether oxygens (including phenoxy) is 2. The van der Waals surface area contributed by atoms with Crippen LogP contribution in [-0.2, 0) is 19.8 Å². The van der Waals surface area contributed by atoms with E-state index in [4.69, 9.17) is 10.5 Å². The molecule has 1 aromatic rings. The number of aliphatic imine (C=N–C) groups is 3. The zero-order chi connectivity index (χ0) is 24.1. The Kier molecular flexibility index (Phi) is 7.95. The summed E-state index contributed by atoms with van der Waals surface area (Å²) < 4.78 is 65.2. The molecule has 8 nitrogen and oxygen atoms in total. The van der Waals surface area contributed by atoms with Gasteiger partial charge >= 0.3 is 0 Å². The lowest BCUT2D eigenvalue weighted by atomic mass is 9.83. The number of nitrogens with one attached hydrogen (secondary N) is 1. The number of nitrogens with zero attached hydrogens (tertiary/aromatic N) is 3. The molecule has 1 amide bonds. The third-order valence-electron chi connectivity index (χ3n) is 4.70. The highest BCUT2D eigenvalue weighted by Crippen LogP contribution is 2.40. The topological polar surface area (TPSA) is 111 Å². The first-order chi connectivity index (χ1) is 15.0. The van der Waals surface area contributed by atoms with Crippen molar-refractivity contribution in [1.29, 1.82) is 0 Å². The fourth-order valence-electron chi connectivity index (χ4n) is 2.97. The molecule has 0 saturated heterocycles. The van der Waals surface area contributed by atoms with Crippen molar-refractivity contribution in [2.24, 2.45) is 20.7 Å². The van der Waals surface area contributed by atoms with Crippen molar-refractivity contribution in [3.8, 4) is 0 Å². The zero-order valence-corrected chi connectivity index (χ0v) is 17.6. The summed E-state index contributed by atoms with van der Waals surface area (Å²) >= 11 is 0. The summed E-state index contributed by atoms with van der Waals surface area (Å²) in [6.45, 7) is 5.70. The molecule has 0 fully saturated rings.